The molecule has 1 amide bonds. The summed E-state index contributed by atoms with van der Waals surface area (Å²) in [6.45, 7) is 5.66. The summed E-state index contributed by atoms with van der Waals surface area (Å²) in [4.78, 5) is 28.2. The van der Waals surface area contributed by atoms with Crippen LogP contribution < -0.4 is 10.8 Å². The molecule has 0 fully saturated rings. The second kappa shape index (κ2) is 8.27. The molecule has 4 rings (SSSR count). The van der Waals surface area contributed by atoms with Crippen molar-refractivity contribution in [2.24, 2.45) is 0 Å². The molecule has 0 saturated heterocycles. The van der Waals surface area contributed by atoms with Gasteiger partial charge in [0.25, 0.3) is 5.91 Å². The van der Waals surface area contributed by atoms with E-state index < -0.39 is 17.5 Å². The number of aryl methyl sites for hydroxylation is 1. The van der Waals surface area contributed by atoms with E-state index >= 15 is 0 Å². The molecule has 3 aromatic heterocycles. The number of benzene rings is 1. The zero-order chi connectivity index (χ0) is 23.0. The maximum atomic E-state index is 14.8. The number of aromatic nitrogens is 5. The maximum Gasteiger partial charge on any atom is 0.278 e. The van der Waals surface area contributed by atoms with Crippen molar-refractivity contribution in [1.82, 2.24) is 30.0 Å². The fourth-order valence-corrected chi connectivity index (χ4v) is 3.54. The van der Waals surface area contributed by atoms with Gasteiger partial charge in [-0.15, -0.1) is 0 Å². The number of pyridine rings is 1. The van der Waals surface area contributed by atoms with Gasteiger partial charge >= 0.3 is 0 Å². The smallest absolute Gasteiger partial charge is 0.278 e. The van der Waals surface area contributed by atoms with E-state index in [2.05, 4.69) is 25.3 Å². The fraction of sp³-hybridized carbons (Fsp3) is 0.190. The van der Waals surface area contributed by atoms with Crippen LogP contribution in [0.2, 0.25) is 0 Å². The van der Waals surface area contributed by atoms with Crippen molar-refractivity contribution >= 4 is 28.7 Å². The third kappa shape index (κ3) is 3.73. The molecule has 0 radical (unpaired) electrons. The maximum absolute atomic E-state index is 14.8. The molecule has 9 nitrogen and oxygen atoms in total. The Labute approximate surface area is 181 Å². The Hall–Kier alpha value is -3.99. The lowest BCUT2D eigenvalue weighted by atomic mass is 10.1. The molecule has 32 heavy (non-hydrogen) atoms. The number of nitrogens with one attached hydrogen (secondary N) is 2. The SMILES string of the molecule is Cc1nc2c(F)cc(-c3nc(Nc4ncccc4C(=O)NO)ncc3F)cc2n1C(C)C. The zero-order valence-electron chi connectivity index (χ0n) is 17.4. The summed E-state index contributed by atoms with van der Waals surface area (Å²) < 4.78 is 31.3. The van der Waals surface area contributed by atoms with Gasteiger partial charge in [0, 0.05) is 17.8 Å². The van der Waals surface area contributed by atoms with Gasteiger partial charge in [0.15, 0.2) is 11.6 Å². The number of halogens is 2. The number of amides is 1. The second-order valence-corrected chi connectivity index (χ2v) is 7.30. The Morgan fingerprint density at radius 1 is 1.16 bits per heavy atom. The van der Waals surface area contributed by atoms with Gasteiger partial charge in [-0.05, 0) is 45.0 Å². The Morgan fingerprint density at radius 3 is 2.66 bits per heavy atom. The molecule has 164 valence electrons. The first kappa shape index (κ1) is 21.2. The number of carbonyl (C=O) groups is 1. The van der Waals surface area contributed by atoms with Crippen LogP contribution in [0.5, 0.6) is 0 Å². The summed E-state index contributed by atoms with van der Waals surface area (Å²) in [6, 6.07) is 5.73. The Balaban J connectivity index is 1.80. The topological polar surface area (TPSA) is 118 Å². The van der Waals surface area contributed by atoms with Gasteiger partial charge in [0.2, 0.25) is 5.95 Å². The number of carbonyl (C=O) groups excluding carboxylic acids is 1. The fourth-order valence-electron chi connectivity index (χ4n) is 3.54. The summed E-state index contributed by atoms with van der Waals surface area (Å²) in [6.07, 6.45) is 2.35. The summed E-state index contributed by atoms with van der Waals surface area (Å²) in [5.41, 5.74) is 2.33. The first-order valence-electron chi connectivity index (χ1n) is 9.67. The largest absolute Gasteiger partial charge is 0.326 e. The number of fused-ring (bicyclic) bond motifs is 1. The van der Waals surface area contributed by atoms with Crippen molar-refractivity contribution in [3.8, 4) is 11.3 Å². The standard InChI is InChI=1S/C21H19F2N7O2/c1-10(2)30-11(3)26-18-14(22)7-12(8-16(18)30)17-15(23)9-25-21(27-17)28-19-13(20(31)29-32)5-4-6-24-19/h4-10,32H,1-3H3,(H,29,31)(H,24,25,27,28). The van der Waals surface area contributed by atoms with E-state index in [0.717, 1.165) is 6.20 Å². The van der Waals surface area contributed by atoms with Crippen molar-refractivity contribution < 1.29 is 18.8 Å². The summed E-state index contributed by atoms with van der Waals surface area (Å²) in [7, 11) is 0. The van der Waals surface area contributed by atoms with Gasteiger partial charge in [0.05, 0.1) is 17.3 Å². The van der Waals surface area contributed by atoms with Crippen LogP contribution in [0.3, 0.4) is 0 Å². The molecule has 0 aliphatic carbocycles. The molecule has 0 spiro atoms. The van der Waals surface area contributed by atoms with E-state index in [9.17, 15) is 13.6 Å². The molecule has 0 atom stereocenters. The van der Waals surface area contributed by atoms with Crippen molar-refractivity contribution in [3.63, 3.8) is 0 Å². The number of hydroxylamine groups is 1. The molecular weight excluding hydrogens is 420 g/mol. The van der Waals surface area contributed by atoms with Crippen LogP contribution >= 0.6 is 0 Å². The van der Waals surface area contributed by atoms with Crippen LogP contribution in [-0.4, -0.2) is 35.6 Å². The Morgan fingerprint density at radius 2 is 1.94 bits per heavy atom. The van der Waals surface area contributed by atoms with Crippen LogP contribution in [0.15, 0.2) is 36.7 Å². The molecule has 3 N–H and O–H groups in total. The van der Waals surface area contributed by atoms with Gasteiger partial charge < -0.3 is 9.88 Å². The van der Waals surface area contributed by atoms with E-state index in [0.29, 0.717) is 11.3 Å². The van der Waals surface area contributed by atoms with Crippen molar-refractivity contribution in [3.05, 3.63) is 59.7 Å². The zero-order valence-corrected chi connectivity index (χ0v) is 17.4. The molecule has 0 unspecified atom stereocenters. The number of hydrogen-bond acceptors (Lipinski definition) is 7. The van der Waals surface area contributed by atoms with Crippen molar-refractivity contribution in [2.45, 2.75) is 26.8 Å². The minimum absolute atomic E-state index is 0.0161. The van der Waals surface area contributed by atoms with E-state index in [1.165, 1.54) is 29.9 Å². The van der Waals surface area contributed by atoms with Crippen LogP contribution in [0, 0.1) is 18.6 Å². The number of rotatable bonds is 5. The van der Waals surface area contributed by atoms with Gasteiger partial charge in [-0.3, -0.25) is 10.0 Å². The predicted molar refractivity (Wildman–Crippen MR) is 113 cm³/mol. The van der Waals surface area contributed by atoms with Crippen LogP contribution in [0.4, 0.5) is 20.5 Å². The molecular formula is C21H19F2N7O2. The van der Waals surface area contributed by atoms with E-state index in [4.69, 9.17) is 5.21 Å². The number of nitrogens with zero attached hydrogens (tertiary/aromatic N) is 5. The van der Waals surface area contributed by atoms with E-state index in [1.54, 1.807) is 13.0 Å². The lowest BCUT2D eigenvalue weighted by molar-refractivity contribution is 0.0707. The third-order valence-corrected chi connectivity index (χ3v) is 4.84. The normalized spacial score (nSPS) is 11.2. The van der Waals surface area contributed by atoms with E-state index in [-0.39, 0.29) is 40.1 Å². The molecule has 0 aliphatic heterocycles. The lowest BCUT2D eigenvalue weighted by Gasteiger charge is -2.12. The van der Waals surface area contributed by atoms with Gasteiger partial charge in [-0.25, -0.2) is 34.2 Å². The first-order valence-corrected chi connectivity index (χ1v) is 9.67. The van der Waals surface area contributed by atoms with Crippen LogP contribution in [-0.2, 0) is 0 Å². The molecule has 11 heteroatoms. The molecule has 3 heterocycles. The highest BCUT2D eigenvalue weighted by Crippen LogP contribution is 2.30. The average molecular weight is 439 g/mol. The summed E-state index contributed by atoms with van der Waals surface area (Å²) >= 11 is 0. The Kier molecular flexibility index (Phi) is 5.49. The van der Waals surface area contributed by atoms with Crippen molar-refractivity contribution in [1.29, 1.82) is 0 Å². The quantitative estimate of drug-likeness (QED) is 0.319. The Bertz CT molecular complexity index is 1340. The highest BCUT2D eigenvalue weighted by atomic mass is 19.1. The van der Waals surface area contributed by atoms with Gasteiger partial charge in [-0.2, -0.15) is 0 Å². The van der Waals surface area contributed by atoms with Gasteiger partial charge in [0.1, 0.15) is 22.9 Å². The predicted octanol–water partition coefficient (Wildman–Crippen LogP) is 3.92. The third-order valence-electron chi connectivity index (χ3n) is 4.84. The van der Waals surface area contributed by atoms with Gasteiger partial charge in [-0.1, -0.05) is 0 Å². The van der Waals surface area contributed by atoms with Crippen LogP contribution in [0.1, 0.15) is 36.1 Å². The molecule has 0 saturated carbocycles. The molecule has 4 aromatic rings. The summed E-state index contributed by atoms with van der Waals surface area (Å²) in [5, 5.41) is 11.6. The minimum atomic E-state index is -0.798. The number of anilines is 2. The highest BCUT2D eigenvalue weighted by molar-refractivity contribution is 5.98. The molecule has 0 aliphatic rings. The number of hydrogen-bond donors (Lipinski definition) is 3. The minimum Gasteiger partial charge on any atom is -0.326 e. The first-order chi connectivity index (χ1) is 15.3. The summed E-state index contributed by atoms with van der Waals surface area (Å²) in [5.74, 6) is -1.53. The van der Waals surface area contributed by atoms with Crippen LogP contribution in [0.25, 0.3) is 22.3 Å². The molecule has 0 bridgehead atoms. The average Bonchev–Trinajstić information content (AvgIpc) is 3.11. The second-order valence-electron chi connectivity index (χ2n) is 7.30. The highest BCUT2D eigenvalue weighted by Gasteiger charge is 2.19. The lowest BCUT2D eigenvalue weighted by Crippen LogP contribution is -2.20. The van der Waals surface area contributed by atoms with E-state index in [1.807, 2.05) is 18.4 Å². The van der Waals surface area contributed by atoms with Crippen molar-refractivity contribution in [2.75, 3.05) is 5.32 Å². The number of imidazole rings is 1. The molecule has 1 aromatic carbocycles. The monoisotopic (exact) mass is 439 g/mol.